The van der Waals surface area contributed by atoms with Crippen LogP contribution in [0.3, 0.4) is 0 Å². The summed E-state index contributed by atoms with van der Waals surface area (Å²) in [6.07, 6.45) is 3.26. The summed E-state index contributed by atoms with van der Waals surface area (Å²) < 4.78 is 24.3. The molecule has 1 aromatic heterocycles. The van der Waals surface area contributed by atoms with Crippen LogP contribution < -0.4 is 5.32 Å². The molecule has 0 radical (unpaired) electrons. The minimum atomic E-state index is -3.06. The maximum absolute atomic E-state index is 11.6. The third-order valence-electron chi connectivity index (χ3n) is 3.35. The summed E-state index contributed by atoms with van der Waals surface area (Å²) in [5, 5.41) is 7.66. The Kier molecular flexibility index (Phi) is 4.79. The van der Waals surface area contributed by atoms with E-state index in [2.05, 4.69) is 24.3 Å². The van der Waals surface area contributed by atoms with Crippen LogP contribution in [0.5, 0.6) is 0 Å². The molecule has 0 unspecified atom stereocenters. The molecular formula is C13H25N3O2S. The van der Waals surface area contributed by atoms with E-state index in [1.54, 1.807) is 18.5 Å². The van der Waals surface area contributed by atoms with Gasteiger partial charge < -0.3 is 5.32 Å². The van der Waals surface area contributed by atoms with E-state index in [0.29, 0.717) is 19.0 Å². The summed E-state index contributed by atoms with van der Waals surface area (Å²) in [6, 6.07) is 0. The van der Waals surface area contributed by atoms with Crippen LogP contribution in [-0.2, 0) is 23.4 Å². The van der Waals surface area contributed by atoms with Crippen LogP contribution in [0.2, 0.25) is 0 Å². The van der Waals surface area contributed by atoms with Crippen molar-refractivity contribution >= 4 is 9.84 Å². The van der Waals surface area contributed by atoms with E-state index in [1.165, 1.54) is 6.26 Å². The topological polar surface area (TPSA) is 64.0 Å². The predicted octanol–water partition coefficient (Wildman–Crippen LogP) is 1.46. The molecule has 0 amide bonds. The number of nitrogens with one attached hydrogen (secondary N) is 1. The van der Waals surface area contributed by atoms with E-state index in [0.717, 1.165) is 11.3 Å². The lowest BCUT2D eigenvalue weighted by molar-refractivity contribution is 0.520. The Hall–Kier alpha value is -0.880. The van der Waals surface area contributed by atoms with Gasteiger partial charge in [0.05, 0.1) is 10.4 Å². The highest BCUT2D eigenvalue weighted by atomic mass is 32.2. The zero-order valence-electron chi connectivity index (χ0n) is 12.7. The van der Waals surface area contributed by atoms with Crippen LogP contribution in [0, 0.1) is 0 Å². The molecule has 0 aliphatic rings. The molecule has 1 heterocycles. The van der Waals surface area contributed by atoms with Crippen LogP contribution in [0.1, 0.15) is 44.9 Å². The first-order chi connectivity index (χ1) is 8.54. The van der Waals surface area contributed by atoms with E-state index < -0.39 is 14.6 Å². The van der Waals surface area contributed by atoms with E-state index in [1.807, 2.05) is 13.2 Å². The lowest BCUT2D eigenvalue weighted by Crippen LogP contribution is -2.41. The highest BCUT2D eigenvalue weighted by Crippen LogP contribution is 2.18. The molecule has 0 atom stereocenters. The molecule has 1 aromatic rings. The van der Waals surface area contributed by atoms with Gasteiger partial charge in [-0.05, 0) is 19.8 Å². The second-order valence-electron chi connectivity index (χ2n) is 6.00. The fraction of sp³-hybridized carbons (Fsp3) is 0.769. The lowest BCUT2D eigenvalue weighted by atomic mass is 10.1. The number of nitrogens with zero attached hydrogens (tertiary/aromatic N) is 2. The summed E-state index contributed by atoms with van der Waals surface area (Å²) in [4.78, 5) is 0. The summed E-state index contributed by atoms with van der Waals surface area (Å²) >= 11 is 0. The van der Waals surface area contributed by atoms with Crippen LogP contribution >= 0.6 is 0 Å². The maximum Gasteiger partial charge on any atom is 0.153 e. The molecule has 0 saturated carbocycles. The summed E-state index contributed by atoms with van der Waals surface area (Å²) in [7, 11) is -1.16. The molecule has 1 N–H and O–H groups in total. The average Bonchev–Trinajstić information content (AvgIpc) is 2.57. The number of rotatable bonds is 6. The summed E-state index contributed by atoms with van der Waals surface area (Å²) in [6.45, 7) is 8.75. The van der Waals surface area contributed by atoms with Crippen molar-refractivity contribution in [2.24, 2.45) is 7.05 Å². The molecule has 5 nitrogen and oxygen atoms in total. The first-order valence-electron chi connectivity index (χ1n) is 6.47. The quantitative estimate of drug-likeness (QED) is 0.860. The highest BCUT2D eigenvalue weighted by molar-refractivity contribution is 7.92. The van der Waals surface area contributed by atoms with Gasteiger partial charge in [-0.3, -0.25) is 4.68 Å². The van der Waals surface area contributed by atoms with E-state index in [-0.39, 0.29) is 0 Å². The van der Waals surface area contributed by atoms with Crippen molar-refractivity contribution < 1.29 is 8.42 Å². The molecule has 0 spiro atoms. The van der Waals surface area contributed by atoms with Gasteiger partial charge in [0, 0.05) is 38.2 Å². The zero-order valence-corrected chi connectivity index (χ0v) is 13.5. The van der Waals surface area contributed by atoms with Crippen molar-refractivity contribution in [2.45, 2.75) is 44.9 Å². The number of hydrogen-bond donors (Lipinski definition) is 1. The van der Waals surface area contributed by atoms with Crippen molar-refractivity contribution in [3.8, 4) is 0 Å². The zero-order chi connectivity index (χ0) is 14.8. The molecule has 0 aromatic carbocycles. The van der Waals surface area contributed by atoms with Gasteiger partial charge in [0.25, 0.3) is 0 Å². The number of aryl methyl sites for hydroxylation is 1. The van der Waals surface area contributed by atoms with Gasteiger partial charge in [0.15, 0.2) is 9.84 Å². The van der Waals surface area contributed by atoms with Crippen molar-refractivity contribution in [1.29, 1.82) is 0 Å². The Morgan fingerprint density at radius 3 is 2.47 bits per heavy atom. The molecule has 0 aliphatic carbocycles. The Morgan fingerprint density at radius 2 is 2.00 bits per heavy atom. The SMILES string of the molecule is CC(C)c1nn(C)cc1CNCC(C)(C)S(C)(=O)=O. The minimum absolute atomic E-state index is 0.362. The standard InChI is InChI=1S/C13H25N3O2S/c1-10(2)12-11(8-16(5)15-12)7-14-9-13(3,4)19(6,17)18/h8,10,14H,7,9H2,1-6H3. The molecule has 0 fully saturated rings. The number of hydrogen-bond acceptors (Lipinski definition) is 4. The normalized spacial score (nSPS) is 13.2. The Balaban J connectivity index is 2.69. The van der Waals surface area contributed by atoms with Gasteiger partial charge in [-0.1, -0.05) is 13.8 Å². The van der Waals surface area contributed by atoms with Gasteiger partial charge in [0.2, 0.25) is 0 Å². The van der Waals surface area contributed by atoms with Gasteiger partial charge in [0.1, 0.15) is 0 Å². The van der Waals surface area contributed by atoms with E-state index in [9.17, 15) is 8.42 Å². The molecule has 6 heteroatoms. The van der Waals surface area contributed by atoms with Crippen LogP contribution in [0.25, 0.3) is 0 Å². The molecule has 0 bridgehead atoms. The third-order valence-corrected chi connectivity index (χ3v) is 5.51. The van der Waals surface area contributed by atoms with Crippen molar-refractivity contribution in [3.05, 3.63) is 17.5 Å². The fourth-order valence-electron chi connectivity index (χ4n) is 1.81. The van der Waals surface area contributed by atoms with Gasteiger partial charge >= 0.3 is 0 Å². The fourth-order valence-corrected chi connectivity index (χ4v) is 2.17. The highest BCUT2D eigenvalue weighted by Gasteiger charge is 2.29. The maximum atomic E-state index is 11.6. The van der Waals surface area contributed by atoms with Crippen molar-refractivity contribution in [1.82, 2.24) is 15.1 Å². The first kappa shape index (κ1) is 16.2. The molecule has 19 heavy (non-hydrogen) atoms. The Bertz CT molecular complexity index is 530. The number of aromatic nitrogens is 2. The molecule has 0 saturated heterocycles. The second kappa shape index (κ2) is 5.63. The second-order valence-corrected chi connectivity index (χ2v) is 8.65. The summed E-state index contributed by atoms with van der Waals surface area (Å²) in [5.74, 6) is 0.362. The van der Waals surface area contributed by atoms with Gasteiger partial charge in [-0.25, -0.2) is 8.42 Å². The number of sulfone groups is 1. The van der Waals surface area contributed by atoms with Crippen LogP contribution in [0.15, 0.2) is 6.20 Å². The third kappa shape index (κ3) is 4.04. The largest absolute Gasteiger partial charge is 0.311 e. The van der Waals surface area contributed by atoms with Gasteiger partial charge in [-0.2, -0.15) is 5.10 Å². The lowest BCUT2D eigenvalue weighted by Gasteiger charge is -2.22. The molecule has 110 valence electrons. The average molecular weight is 287 g/mol. The monoisotopic (exact) mass is 287 g/mol. The Labute approximate surface area is 116 Å². The summed E-state index contributed by atoms with van der Waals surface area (Å²) in [5.41, 5.74) is 2.19. The Morgan fingerprint density at radius 1 is 1.42 bits per heavy atom. The van der Waals surface area contributed by atoms with Gasteiger partial charge in [-0.15, -0.1) is 0 Å². The van der Waals surface area contributed by atoms with Crippen LogP contribution in [-0.4, -0.2) is 35.7 Å². The van der Waals surface area contributed by atoms with Crippen LogP contribution in [0.4, 0.5) is 0 Å². The minimum Gasteiger partial charge on any atom is -0.311 e. The smallest absolute Gasteiger partial charge is 0.153 e. The van der Waals surface area contributed by atoms with E-state index in [4.69, 9.17) is 0 Å². The molecule has 1 rings (SSSR count). The van der Waals surface area contributed by atoms with E-state index >= 15 is 0 Å². The predicted molar refractivity (Wildman–Crippen MR) is 77.9 cm³/mol. The van der Waals surface area contributed by atoms with Crippen molar-refractivity contribution in [3.63, 3.8) is 0 Å². The molecular weight excluding hydrogens is 262 g/mol. The van der Waals surface area contributed by atoms with Crippen molar-refractivity contribution in [2.75, 3.05) is 12.8 Å². The first-order valence-corrected chi connectivity index (χ1v) is 8.36. The molecule has 0 aliphatic heterocycles.